The highest BCUT2D eigenvalue weighted by molar-refractivity contribution is 5.08. The second kappa shape index (κ2) is 4.73. The highest BCUT2D eigenvalue weighted by atomic mass is 15.2. The van der Waals surface area contributed by atoms with E-state index >= 15 is 0 Å². The molecule has 0 amide bonds. The Morgan fingerprint density at radius 1 is 1.53 bits per heavy atom. The number of pyridine rings is 1. The number of piperazine rings is 1. The number of hydrogen-bond acceptors (Lipinski definition) is 3. The van der Waals surface area contributed by atoms with Crippen LogP contribution in [0, 0.1) is 0 Å². The summed E-state index contributed by atoms with van der Waals surface area (Å²) in [5.74, 6) is 0. The van der Waals surface area contributed by atoms with Crippen LogP contribution in [0.5, 0.6) is 0 Å². The molecule has 1 aliphatic rings. The molecule has 0 bridgehead atoms. The van der Waals surface area contributed by atoms with E-state index in [-0.39, 0.29) is 0 Å². The van der Waals surface area contributed by atoms with Crippen molar-refractivity contribution in [3.8, 4) is 0 Å². The minimum absolute atomic E-state index is 0.427. The van der Waals surface area contributed by atoms with Crippen LogP contribution in [-0.2, 0) is 0 Å². The first-order valence-corrected chi connectivity index (χ1v) is 5.65. The quantitative estimate of drug-likeness (QED) is 0.792. The van der Waals surface area contributed by atoms with Crippen molar-refractivity contribution in [2.75, 3.05) is 19.6 Å². The van der Waals surface area contributed by atoms with Crippen LogP contribution in [0.15, 0.2) is 24.4 Å². The first kappa shape index (κ1) is 10.6. The SMILES string of the molecule is CC(c1ccccn1)N1CCN[C@@H](C)C1. The average Bonchev–Trinajstić information content (AvgIpc) is 2.29. The van der Waals surface area contributed by atoms with Crippen LogP contribution in [0.4, 0.5) is 0 Å². The summed E-state index contributed by atoms with van der Waals surface area (Å²) in [4.78, 5) is 6.91. The van der Waals surface area contributed by atoms with Gasteiger partial charge in [-0.05, 0) is 26.0 Å². The first-order valence-electron chi connectivity index (χ1n) is 5.65. The van der Waals surface area contributed by atoms with Crippen molar-refractivity contribution in [3.05, 3.63) is 30.1 Å². The molecule has 0 radical (unpaired) electrons. The Labute approximate surface area is 91.5 Å². The zero-order valence-corrected chi connectivity index (χ0v) is 9.48. The molecule has 15 heavy (non-hydrogen) atoms. The molecule has 1 saturated heterocycles. The van der Waals surface area contributed by atoms with Gasteiger partial charge in [0.2, 0.25) is 0 Å². The monoisotopic (exact) mass is 205 g/mol. The zero-order valence-electron chi connectivity index (χ0n) is 9.48. The first-order chi connectivity index (χ1) is 7.27. The van der Waals surface area contributed by atoms with Crippen LogP contribution < -0.4 is 5.32 Å². The molecule has 3 heteroatoms. The summed E-state index contributed by atoms with van der Waals surface area (Å²) in [5.41, 5.74) is 1.17. The van der Waals surface area contributed by atoms with E-state index in [0.717, 1.165) is 19.6 Å². The summed E-state index contributed by atoms with van der Waals surface area (Å²) < 4.78 is 0. The number of nitrogens with zero attached hydrogens (tertiary/aromatic N) is 2. The van der Waals surface area contributed by atoms with Gasteiger partial charge in [-0.3, -0.25) is 9.88 Å². The van der Waals surface area contributed by atoms with Crippen LogP contribution in [0.25, 0.3) is 0 Å². The molecule has 0 spiro atoms. The molecule has 1 N–H and O–H groups in total. The van der Waals surface area contributed by atoms with E-state index < -0.39 is 0 Å². The maximum Gasteiger partial charge on any atom is 0.0572 e. The van der Waals surface area contributed by atoms with E-state index in [1.54, 1.807) is 0 Å². The van der Waals surface area contributed by atoms with Crippen molar-refractivity contribution in [2.45, 2.75) is 25.9 Å². The molecule has 0 aromatic carbocycles. The van der Waals surface area contributed by atoms with Crippen LogP contribution in [-0.4, -0.2) is 35.6 Å². The van der Waals surface area contributed by atoms with Crippen LogP contribution in [0.3, 0.4) is 0 Å². The van der Waals surface area contributed by atoms with Crippen molar-refractivity contribution in [2.24, 2.45) is 0 Å². The Bertz CT molecular complexity index is 299. The maximum absolute atomic E-state index is 4.42. The molecule has 1 aromatic heterocycles. The summed E-state index contributed by atoms with van der Waals surface area (Å²) in [6.07, 6.45) is 1.87. The van der Waals surface area contributed by atoms with Gasteiger partial charge in [-0.1, -0.05) is 6.07 Å². The molecular formula is C12H19N3. The average molecular weight is 205 g/mol. The van der Waals surface area contributed by atoms with E-state index in [1.165, 1.54) is 5.69 Å². The number of rotatable bonds is 2. The normalized spacial score (nSPS) is 25.1. The van der Waals surface area contributed by atoms with Gasteiger partial charge in [0, 0.05) is 37.9 Å². The Hall–Kier alpha value is -0.930. The largest absolute Gasteiger partial charge is 0.312 e. The highest BCUT2D eigenvalue weighted by Crippen LogP contribution is 2.18. The molecular weight excluding hydrogens is 186 g/mol. The Morgan fingerprint density at radius 3 is 3.07 bits per heavy atom. The Kier molecular flexibility index (Phi) is 3.34. The molecule has 1 aromatic rings. The topological polar surface area (TPSA) is 28.2 Å². The van der Waals surface area contributed by atoms with E-state index in [1.807, 2.05) is 12.3 Å². The summed E-state index contributed by atoms with van der Waals surface area (Å²) in [5, 5.41) is 3.46. The lowest BCUT2D eigenvalue weighted by Crippen LogP contribution is -2.49. The van der Waals surface area contributed by atoms with Gasteiger partial charge in [0.1, 0.15) is 0 Å². The fraction of sp³-hybridized carbons (Fsp3) is 0.583. The minimum Gasteiger partial charge on any atom is -0.312 e. The molecule has 0 saturated carbocycles. The van der Waals surface area contributed by atoms with Gasteiger partial charge < -0.3 is 5.32 Å². The van der Waals surface area contributed by atoms with Crippen LogP contribution in [0.2, 0.25) is 0 Å². The Morgan fingerprint density at radius 2 is 2.40 bits per heavy atom. The lowest BCUT2D eigenvalue weighted by atomic mass is 10.1. The Balaban J connectivity index is 2.04. The molecule has 2 heterocycles. The highest BCUT2D eigenvalue weighted by Gasteiger charge is 2.21. The van der Waals surface area contributed by atoms with E-state index in [2.05, 4.69) is 41.2 Å². The van der Waals surface area contributed by atoms with Crippen molar-refractivity contribution in [3.63, 3.8) is 0 Å². The van der Waals surface area contributed by atoms with Gasteiger partial charge in [-0.25, -0.2) is 0 Å². The van der Waals surface area contributed by atoms with Crippen LogP contribution in [0.1, 0.15) is 25.6 Å². The van der Waals surface area contributed by atoms with Gasteiger partial charge in [0.05, 0.1) is 5.69 Å². The van der Waals surface area contributed by atoms with Crippen molar-refractivity contribution < 1.29 is 0 Å². The molecule has 82 valence electrons. The second-order valence-corrected chi connectivity index (χ2v) is 4.28. The second-order valence-electron chi connectivity index (χ2n) is 4.28. The van der Waals surface area contributed by atoms with Gasteiger partial charge in [-0.15, -0.1) is 0 Å². The standard InChI is InChI=1S/C12H19N3/c1-10-9-15(8-7-13-10)11(2)12-5-3-4-6-14-12/h3-6,10-11,13H,7-9H2,1-2H3/t10-,11?/m0/s1. The van der Waals surface area contributed by atoms with Crippen molar-refractivity contribution in [1.82, 2.24) is 15.2 Å². The lowest BCUT2D eigenvalue weighted by Gasteiger charge is -2.35. The molecule has 1 unspecified atom stereocenters. The predicted molar refractivity (Wildman–Crippen MR) is 61.7 cm³/mol. The molecule has 3 nitrogen and oxygen atoms in total. The van der Waals surface area contributed by atoms with E-state index in [9.17, 15) is 0 Å². The third kappa shape index (κ3) is 2.55. The van der Waals surface area contributed by atoms with Gasteiger partial charge in [0.25, 0.3) is 0 Å². The summed E-state index contributed by atoms with van der Waals surface area (Å²) >= 11 is 0. The lowest BCUT2D eigenvalue weighted by molar-refractivity contribution is 0.156. The number of nitrogens with one attached hydrogen (secondary N) is 1. The van der Waals surface area contributed by atoms with Gasteiger partial charge in [0.15, 0.2) is 0 Å². The van der Waals surface area contributed by atoms with Crippen LogP contribution >= 0.6 is 0 Å². The minimum atomic E-state index is 0.427. The summed E-state index contributed by atoms with van der Waals surface area (Å²) in [6.45, 7) is 7.77. The third-order valence-corrected chi connectivity index (χ3v) is 3.06. The molecule has 2 rings (SSSR count). The van der Waals surface area contributed by atoms with Gasteiger partial charge in [-0.2, -0.15) is 0 Å². The van der Waals surface area contributed by atoms with Crippen molar-refractivity contribution in [1.29, 1.82) is 0 Å². The smallest absolute Gasteiger partial charge is 0.0572 e. The maximum atomic E-state index is 4.42. The summed E-state index contributed by atoms with van der Waals surface area (Å²) in [6, 6.07) is 7.15. The van der Waals surface area contributed by atoms with Gasteiger partial charge >= 0.3 is 0 Å². The van der Waals surface area contributed by atoms with E-state index in [0.29, 0.717) is 12.1 Å². The number of hydrogen-bond donors (Lipinski definition) is 1. The molecule has 1 aliphatic heterocycles. The zero-order chi connectivity index (χ0) is 10.7. The fourth-order valence-electron chi connectivity index (χ4n) is 2.12. The van der Waals surface area contributed by atoms with Crippen molar-refractivity contribution >= 4 is 0 Å². The van der Waals surface area contributed by atoms with E-state index in [4.69, 9.17) is 0 Å². The predicted octanol–water partition coefficient (Wildman–Crippen LogP) is 1.44. The fourth-order valence-corrected chi connectivity index (χ4v) is 2.12. The molecule has 1 fully saturated rings. The molecule has 0 aliphatic carbocycles. The summed E-state index contributed by atoms with van der Waals surface area (Å²) in [7, 11) is 0. The third-order valence-electron chi connectivity index (χ3n) is 3.06. The molecule has 2 atom stereocenters. The number of aromatic nitrogens is 1.